The van der Waals surface area contributed by atoms with Crippen molar-refractivity contribution in [2.75, 3.05) is 13.1 Å². The fraction of sp³-hybridized carbons (Fsp3) is 0.733. The number of aromatic nitrogens is 1. The van der Waals surface area contributed by atoms with Crippen molar-refractivity contribution in [3.63, 3.8) is 0 Å². The van der Waals surface area contributed by atoms with E-state index < -0.39 is 0 Å². The first-order valence-electron chi connectivity index (χ1n) is 7.52. The number of likely N-dealkylation sites (tertiary alicyclic amines) is 1. The average Bonchev–Trinajstić information content (AvgIpc) is 2.84. The number of carbonyl (C=O) groups excluding carboxylic acids is 1. The van der Waals surface area contributed by atoms with Crippen molar-refractivity contribution in [3.8, 4) is 0 Å². The lowest BCUT2D eigenvalue weighted by Gasteiger charge is -2.39. The predicted molar refractivity (Wildman–Crippen MR) is 82.7 cm³/mol. The van der Waals surface area contributed by atoms with Gasteiger partial charge in [-0.2, -0.15) is 0 Å². The van der Waals surface area contributed by atoms with E-state index in [1.165, 1.54) is 6.42 Å². The number of hydrogen-bond acceptors (Lipinski definition) is 4. The first-order valence-corrected chi connectivity index (χ1v) is 8.40. The molecule has 1 aliphatic heterocycles. The van der Waals surface area contributed by atoms with Gasteiger partial charge < -0.3 is 10.6 Å². The van der Waals surface area contributed by atoms with Crippen LogP contribution in [0.4, 0.5) is 0 Å². The van der Waals surface area contributed by atoms with E-state index in [9.17, 15) is 4.79 Å². The molecule has 0 radical (unpaired) electrons. The van der Waals surface area contributed by atoms with E-state index in [2.05, 4.69) is 17.3 Å². The Morgan fingerprint density at radius 3 is 3.05 bits per heavy atom. The molecule has 4 nitrogen and oxygen atoms in total. The second-order valence-corrected chi connectivity index (χ2v) is 6.78. The molecule has 0 unspecified atom stereocenters. The second kappa shape index (κ2) is 7.18. The van der Waals surface area contributed by atoms with Crippen LogP contribution in [-0.4, -0.2) is 34.9 Å². The number of thiazole rings is 1. The maximum Gasteiger partial charge on any atom is 0.222 e. The lowest BCUT2D eigenvalue weighted by molar-refractivity contribution is -0.136. The van der Waals surface area contributed by atoms with E-state index in [1.54, 1.807) is 11.3 Å². The van der Waals surface area contributed by atoms with Crippen LogP contribution >= 0.6 is 11.3 Å². The van der Waals surface area contributed by atoms with Gasteiger partial charge in [0, 0.05) is 30.9 Å². The summed E-state index contributed by atoms with van der Waals surface area (Å²) < 4.78 is 0. The summed E-state index contributed by atoms with van der Waals surface area (Å²) in [6.45, 7) is 5.67. The zero-order valence-electron chi connectivity index (χ0n) is 12.5. The molecular formula is C15H25N3OS. The Morgan fingerprint density at radius 1 is 1.60 bits per heavy atom. The van der Waals surface area contributed by atoms with Crippen molar-refractivity contribution in [1.29, 1.82) is 0 Å². The molecule has 1 aromatic rings. The fourth-order valence-corrected chi connectivity index (χ4v) is 3.65. The van der Waals surface area contributed by atoms with E-state index in [0.717, 1.165) is 36.5 Å². The standard InChI is InChI=1S/C15H25N3OS/c1-11-5-4-8-18(14(11)9-16)15(19)7-3-6-13-10-20-12(2)17-13/h10-11,14H,3-9,16H2,1-2H3/t11-,14-/m1/s1. The monoisotopic (exact) mass is 295 g/mol. The van der Waals surface area contributed by atoms with Crippen LogP contribution in [0.25, 0.3) is 0 Å². The van der Waals surface area contributed by atoms with Crippen molar-refractivity contribution in [2.45, 2.75) is 52.0 Å². The Morgan fingerprint density at radius 2 is 2.40 bits per heavy atom. The van der Waals surface area contributed by atoms with Gasteiger partial charge in [-0.3, -0.25) is 4.79 Å². The molecule has 1 fully saturated rings. The number of carbonyl (C=O) groups is 1. The highest BCUT2D eigenvalue weighted by Crippen LogP contribution is 2.23. The average molecular weight is 295 g/mol. The molecule has 2 N–H and O–H groups in total. The zero-order chi connectivity index (χ0) is 14.5. The molecule has 20 heavy (non-hydrogen) atoms. The number of nitrogens with two attached hydrogens (primary N) is 1. The number of amides is 1. The maximum atomic E-state index is 12.4. The number of piperidine rings is 1. The lowest BCUT2D eigenvalue weighted by atomic mass is 9.90. The van der Waals surface area contributed by atoms with Gasteiger partial charge in [-0.25, -0.2) is 4.98 Å². The van der Waals surface area contributed by atoms with E-state index >= 15 is 0 Å². The van der Waals surface area contributed by atoms with Crippen LogP contribution in [0.2, 0.25) is 0 Å². The van der Waals surface area contributed by atoms with E-state index in [1.807, 2.05) is 11.8 Å². The van der Waals surface area contributed by atoms with Crippen molar-refractivity contribution in [3.05, 3.63) is 16.1 Å². The Kier molecular flexibility index (Phi) is 5.54. The third kappa shape index (κ3) is 3.79. The number of rotatable bonds is 5. The topological polar surface area (TPSA) is 59.2 Å². The highest BCUT2D eigenvalue weighted by molar-refractivity contribution is 7.09. The largest absolute Gasteiger partial charge is 0.338 e. The summed E-state index contributed by atoms with van der Waals surface area (Å²) in [5, 5.41) is 3.19. The zero-order valence-corrected chi connectivity index (χ0v) is 13.3. The van der Waals surface area contributed by atoms with Gasteiger partial charge in [-0.05, 0) is 38.5 Å². The van der Waals surface area contributed by atoms with Crippen LogP contribution in [-0.2, 0) is 11.2 Å². The summed E-state index contributed by atoms with van der Waals surface area (Å²) in [7, 11) is 0. The summed E-state index contributed by atoms with van der Waals surface area (Å²) in [4.78, 5) is 18.8. The number of hydrogen-bond donors (Lipinski definition) is 1. The Hall–Kier alpha value is -0.940. The fourth-order valence-electron chi connectivity index (χ4n) is 3.01. The van der Waals surface area contributed by atoms with Gasteiger partial charge in [0.25, 0.3) is 0 Å². The molecule has 0 aromatic carbocycles. The molecule has 5 heteroatoms. The predicted octanol–water partition coefficient (Wildman–Crippen LogP) is 2.36. The number of aryl methyl sites for hydroxylation is 2. The maximum absolute atomic E-state index is 12.4. The SMILES string of the molecule is Cc1nc(CCCC(=O)N2CCC[C@@H](C)[C@H]2CN)cs1. The van der Waals surface area contributed by atoms with Crippen molar-refractivity contribution in [2.24, 2.45) is 11.7 Å². The summed E-state index contributed by atoms with van der Waals surface area (Å²) in [5.41, 5.74) is 6.96. The minimum absolute atomic E-state index is 0.234. The van der Waals surface area contributed by atoms with E-state index in [4.69, 9.17) is 5.73 Å². The molecule has 1 amide bonds. The molecule has 2 heterocycles. The summed E-state index contributed by atoms with van der Waals surface area (Å²) in [5.74, 6) is 0.790. The molecule has 1 aromatic heterocycles. The van der Waals surface area contributed by atoms with Crippen molar-refractivity contribution < 1.29 is 4.79 Å². The molecule has 112 valence electrons. The lowest BCUT2D eigenvalue weighted by Crippen LogP contribution is -2.51. The van der Waals surface area contributed by atoms with Crippen LogP contribution in [0, 0.1) is 12.8 Å². The second-order valence-electron chi connectivity index (χ2n) is 5.72. The van der Waals surface area contributed by atoms with Crippen molar-refractivity contribution in [1.82, 2.24) is 9.88 Å². The minimum atomic E-state index is 0.234. The third-order valence-corrected chi connectivity index (χ3v) is 4.99. The first kappa shape index (κ1) is 15.4. The summed E-state index contributed by atoms with van der Waals surface area (Å²) in [6.07, 6.45) is 4.68. The number of nitrogens with zero attached hydrogens (tertiary/aromatic N) is 2. The van der Waals surface area contributed by atoms with Crippen molar-refractivity contribution >= 4 is 17.2 Å². The van der Waals surface area contributed by atoms with Crippen LogP contribution in [0.15, 0.2) is 5.38 Å². The molecule has 2 rings (SSSR count). The third-order valence-electron chi connectivity index (χ3n) is 4.17. The molecule has 2 atom stereocenters. The van der Waals surface area contributed by atoms with Gasteiger partial charge in [-0.1, -0.05) is 6.92 Å². The summed E-state index contributed by atoms with van der Waals surface area (Å²) in [6, 6.07) is 0.234. The van der Waals surface area contributed by atoms with Crippen LogP contribution in [0.3, 0.4) is 0 Å². The summed E-state index contributed by atoms with van der Waals surface area (Å²) >= 11 is 1.67. The molecule has 0 bridgehead atoms. The quantitative estimate of drug-likeness (QED) is 0.907. The van der Waals surface area contributed by atoms with Gasteiger partial charge >= 0.3 is 0 Å². The van der Waals surface area contributed by atoms with E-state index in [0.29, 0.717) is 18.9 Å². The van der Waals surface area contributed by atoms with Gasteiger partial charge in [-0.15, -0.1) is 11.3 Å². The molecular weight excluding hydrogens is 270 g/mol. The van der Waals surface area contributed by atoms with Crippen LogP contribution in [0.5, 0.6) is 0 Å². The Balaban J connectivity index is 1.81. The molecule has 0 aliphatic carbocycles. The van der Waals surface area contributed by atoms with Crippen LogP contribution in [0.1, 0.15) is 43.3 Å². The Bertz CT molecular complexity index is 446. The highest BCUT2D eigenvalue weighted by Gasteiger charge is 2.30. The molecule has 0 spiro atoms. The first-order chi connectivity index (χ1) is 9.61. The minimum Gasteiger partial charge on any atom is -0.338 e. The van der Waals surface area contributed by atoms with Gasteiger partial charge in [0.1, 0.15) is 0 Å². The van der Waals surface area contributed by atoms with Crippen LogP contribution < -0.4 is 5.73 Å². The van der Waals surface area contributed by atoms with Gasteiger partial charge in [0.05, 0.1) is 10.7 Å². The molecule has 0 saturated carbocycles. The highest BCUT2D eigenvalue weighted by atomic mass is 32.1. The smallest absolute Gasteiger partial charge is 0.222 e. The van der Waals surface area contributed by atoms with E-state index in [-0.39, 0.29) is 11.9 Å². The van der Waals surface area contributed by atoms with Gasteiger partial charge in [0.2, 0.25) is 5.91 Å². The normalized spacial score (nSPS) is 23.1. The molecule has 1 aliphatic rings. The molecule has 1 saturated heterocycles. The van der Waals surface area contributed by atoms with Gasteiger partial charge in [0.15, 0.2) is 0 Å². The Labute approximate surface area is 125 Å².